The summed E-state index contributed by atoms with van der Waals surface area (Å²) in [5.41, 5.74) is 0.948. The van der Waals surface area contributed by atoms with E-state index in [0.717, 1.165) is 25.9 Å². The van der Waals surface area contributed by atoms with Gasteiger partial charge in [0.15, 0.2) is 17.5 Å². The van der Waals surface area contributed by atoms with Crippen molar-refractivity contribution in [2.24, 2.45) is 5.92 Å². The number of rotatable bonds is 3. The quantitative estimate of drug-likeness (QED) is 0.670. The molecule has 4 heterocycles. The zero-order valence-corrected chi connectivity index (χ0v) is 19.1. The first-order valence-electron chi connectivity index (χ1n) is 11.6. The molecule has 35 heavy (non-hydrogen) atoms. The average Bonchev–Trinajstić information content (AvgIpc) is 3.56. The third kappa shape index (κ3) is 4.21. The maximum Gasteiger partial charge on any atom is 0.322 e. The van der Waals surface area contributed by atoms with Gasteiger partial charge in [0, 0.05) is 43.9 Å². The van der Waals surface area contributed by atoms with Gasteiger partial charge in [0.1, 0.15) is 0 Å². The van der Waals surface area contributed by atoms with Gasteiger partial charge in [-0.05, 0) is 19.8 Å². The molecule has 3 aliphatic heterocycles. The molecule has 0 saturated carbocycles. The molecule has 0 spiro atoms. The Bertz CT molecular complexity index is 1170. The Morgan fingerprint density at radius 1 is 1.09 bits per heavy atom. The fourth-order valence-corrected chi connectivity index (χ4v) is 5.01. The van der Waals surface area contributed by atoms with E-state index in [9.17, 15) is 27.6 Å². The molecule has 1 aromatic carbocycles. The minimum atomic E-state index is -1.61. The molecular formula is C23H25F3N6O3. The van der Waals surface area contributed by atoms with Crippen molar-refractivity contribution < 1.29 is 27.6 Å². The van der Waals surface area contributed by atoms with Crippen LogP contribution in [-0.2, 0) is 22.7 Å². The third-order valence-electron chi connectivity index (χ3n) is 6.89. The van der Waals surface area contributed by atoms with E-state index in [1.807, 2.05) is 4.90 Å². The van der Waals surface area contributed by atoms with Crippen molar-refractivity contribution in [1.29, 1.82) is 0 Å². The Morgan fingerprint density at radius 3 is 2.46 bits per heavy atom. The molecule has 0 radical (unpaired) electrons. The summed E-state index contributed by atoms with van der Waals surface area (Å²) in [6.07, 6.45) is 3.64. The predicted octanol–water partition coefficient (Wildman–Crippen LogP) is 2.71. The summed E-state index contributed by atoms with van der Waals surface area (Å²) in [5.74, 6) is -5.02. The van der Waals surface area contributed by atoms with Gasteiger partial charge in [-0.3, -0.25) is 14.3 Å². The number of benzene rings is 1. The summed E-state index contributed by atoms with van der Waals surface area (Å²) < 4.78 is 42.1. The summed E-state index contributed by atoms with van der Waals surface area (Å²) in [7, 11) is 0. The van der Waals surface area contributed by atoms with E-state index < -0.39 is 29.4 Å². The van der Waals surface area contributed by atoms with E-state index in [0.29, 0.717) is 30.1 Å². The first-order valence-corrected chi connectivity index (χ1v) is 11.6. The van der Waals surface area contributed by atoms with Crippen LogP contribution in [-0.4, -0.2) is 63.1 Å². The first kappa shape index (κ1) is 23.2. The molecule has 12 heteroatoms. The molecule has 2 atom stereocenters. The molecule has 0 aliphatic carbocycles. The average molecular weight is 490 g/mol. The molecule has 5 rings (SSSR count). The van der Waals surface area contributed by atoms with Crippen LogP contribution >= 0.6 is 0 Å². The zero-order valence-electron chi connectivity index (χ0n) is 19.1. The highest BCUT2D eigenvalue weighted by molar-refractivity contribution is 6.00. The minimum Gasteiger partial charge on any atom is -0.342 e. The lowest BCUT2D eigenvalue weighted by atomic mass is 10.1. The number of amides is 4. The van der Waals surface area contributed by atoms with Gasteiger partial charge in [-0.15, -0.1) is 0 Å². The Hall–Kier alpha value is -3.57. The number of hydrogen-bond acceptors (Lipinski definition) is 4. The first-order chi connectivity index (χ1) is 16.7. The zero-order chi connectivity index (χ0) is 24.9. The van der Waals surface area contributed by atoms with E-state index in [1.165, 1.54) is 4.90 Å². The molecule has 2 aromatic rings. The lowest BCUT2D eigenvalue weighted by Crippen LogP contribution is -2.47. The maximum absolute atomic E-state index is 13.6. The van der Waals surface area contributed by atoms with Gasteiger partial charge >= 0.3 is 6.03 Å². The molecule has 4 amide bonds. The second kappa shape index (κ2) is 8.90. The summed E-state index contributed by atoms with van der Waals surface area (Å²) in [6, 6.07) is 0.475. The summed E-state index contributed by atoms with van der Waals surface area (Å²) in [4.78, 5) is 43.4. The number of anilines is 2. The van der Waals surface area contributed by atoms with Crippen LogP contribution in [0.2, 0.25) is 0 Å². The molecule has 186 valence electrons. The number of fused-ring (bicyclic) bond motifs is 1. The molecule has 1 unspecified atom stereocenters. The van der Waals surface area contributed by atoms with Crippen LogP contribution in [0.3, 0.4) is 0 Å². The number of carbonyl (C=O) groups is 3. The lowest BCUT2D eigenvalue weighted by molar-refractivity contribution is -0.134. The van der Waals surface area contributed by atoms with Gasteiger partial charge in [0.2, 0.25) is 11.8 Å². The number of likely N-dealkylation sites (tertiary alicyclic amines) is 1. The van der Waals surface area contributed by atoms with Crippen LogP contribution in [0.15, 0.2) is 18.3 Å². The van der Waals surface area contributed by atoms with Gasteiger partial charge < -0.3 is 20.0 Å². The molecule has 2 fully saturated rings. The van der Waals surface area contributed by atoms with E-state index in [-0.39, 0.29) is 43.1 Å². The summed E-state index contributed by atoms with van der Waals surface area (Å²) in [6.45, 7) is 3.91. The normalized spacial score (nSPS) is 22.1. The minimum absolute atomic E-state index is 0.00669. The van der Waals surface area contributed by atoms with Crippen molar-refractivity contribution in [3.8, 4) is 0 Å². The predicted molar refractivity (Wildman–Crippen MR) is 119 cm³/mol. The highest BCUT2D eigenvalue weighted by atomic mass is 19.2. The smallest absolute Gasteiger partial charge is 0.322 e. The fraction of sp³-hybridized carbons (Fsp3) is 0.478. The number of halogens is 3. The molecule has 9 nitrogen and oxygen atoms in total. The number of carbonyl (C=O) groups excluding carboxylic acids is 3. The van der Waals surface area contributed by atoms with Crippen LogP contribution in [0, 0.1) is 23.4 Å². The van der Waals surface area contributed by atoms with Crippen LogP contribution in [0.5, 0.6) is 0 Å². The molecule has 0 bridgehead atoms. The summed E-state index contributed by atoms with van der Waals surface area (Å²) >= 11 is 0. The van der Waals surface area contributed by atoms with Crippen molar-refractivity contribution in [2.75, 3.05) is 29.9 Å². The molecular weight excluding hydrogens is 465 g/mol. The number of nitrogens with one attached hydrogen (secondary N) is 1. The SMILES string of the molecule is C[C@H]1Cn2ncc(N3CC(C(=O)N4CCCC4)CC3=O)c2CN1C(=O)Nc1cc(F)c(F)c(F)c1. The molecule has 1 aromatic heterocycles. The molecule has 2 saturated heterocycles. The van der Waals surface area contributed by atoms with Crippen molar-refractivity contribution in [3.05, 3.63) is 41.5 Å². The Morgan fingerprint density at radius 2 is 1.77 bits per heavy atom. The number of nitrogens with zero attached hydrogens (tertiary/aromatic N) is 5. The van der Waals surface area contributed by atoms with Crippen LogP contribution in [0.4, 0.5) is 29.3 Å². The number of aromatic nitrogens is 2. The maximum atomic E-state index is 13.6. The highest BCUT2D eigenvalue weighted by Crippen LogP contribution is 2.33. The Balaban J connectivity index is 1.32. The van der Waals surface area contributed by atoms with Gasteiger partial charge in [0.25, 0.3) is 0 Å². The standard InChI is InChI=1S/C23H25F3N6O3/c1-13-10-32-19(12-30(13)23(35)28-15-7-16(24)21(26)17(25)8-15)18(9-27-32)31-11-14(6-20(31)33)22(34)29-4-2-3-5-29/h7-9,13-14H,2-6,10-12H2,1H3,(H,28,35)/t13-,14?/m0/s1. The van der Waals surface area contributed by atoms with Crippen molar-refractivity contribution in [2.45, 2.75) is 45.3 Å². The van der Waals surface area contributed by atoms with Crippen LogP contribution < -0.4 is 10.2 Å². The highest BCUT2D eigenvalue weighted by Gasteiger charge is 2.40. The largest absolute Gasteiger partial charge is 0.342 e. The molecule has 3 aliphatic rings. The van der Waals surface area contributed by atoms with Crippen LogP contribution in [0.1, 0.15) is 31.9 Å². The monoisotopic (exact) mass is 490 g/mol. The van der Waals surface area contributed by atoms with Gasteiger partial charge in [-0.2, -0.15) is 5.10 Å². The number of urea groups is 1. The van der Waals surface area contributed by atoms with E-state index in [2.05, 4.69) is 10.4 Å². The van der Waals surface area contributed by atoms with Gasteiger partial charge in [-0.1, -0.05) is 0 Å². The van der Waals surface area contributed by atoms with Gasteiger partial charge in [0.05, 0.1) is 42.6 Å². The third-order valence-corrected chi connectivity index (χ3v) is 6.89. The topological polar surface area (TPSA) is 90.8 Å². The van der Waals surface area contributed by atoms with E-state index >= 15 is 0 Å². The lowest BCUT2D eigenvalue weighted by Gasteiger charge is -2.35. The van der Waals surface area contributed by atoms with Crippen molar-refractivity contribution in [1.82, 2.24) is 19.6 Å². The van der Waals surface area contributed by atoms with E-state index in [4.69, 9.17) is 0 Å². The second-order valence-electron chi connectivity index (χ2n) is 9.26. The van der Waals surface area contributed by atoms with Crippen LogP contribution in [0.25, 0.3) is 0 Å². The summed E-state index contributed by atoms with van der Waals surface area (Å²) in [5, 5.41) is 6.78. The van der Waals surface area contributed by atoms with E-state index in [1.54, 1.807) is 22.7 Å². The Labute approximate surface area is 199 Å². The van der Waals surface area contributed by atoms with Gasteiger partial charge in [-0.25, -0.2) is 18.0 Å². The van der Waals surface area contributed by atoms with Crippen molar-refractivity contribution in [3.63, 3.8) is 0 Å². The Kier molecular flexibility index (Phi) is 5.89. The second-order valence-corrected chi connectivity index (χ2v) is 9.26. The van der Waals surface area contributed by atoms with Crippen molar-refractivity contribution >= 4 is 29.2 Å². The molecule has 1 N–H and O–H groups in total. The number of hydrogen-bond donors (Lipinski definition) is 1. The fourth-order valence-electron chi connectivity index (χ4n) is 5.01.